The van der Waals surface area contributed by atoms with Crippen LogP contribution < -0.4 is 15.4 Å². The van der Waals surface area contributed by atoms with Crippen molar-refractivity contribution in [2.75, 3.05) is 10.6 Å². The van der Waals surface area contributed by atoms with Gasteiger partial charge in [0.1, 0.15) is 23.3 Å². The van der Waals surface area contributed by atoms with Gasteiger partial charge in [-0.3, -0.25) is 4.79 Å². The third-order valence-corrected chi connectivity index (χ3v) is 5.11. The van der Waals surface area contributed by atoms with Crippen LogP contribution in [0.3, 0.4) is 0 Å². The highest BCUT2D eigenvalue weighted by Crippen LogP contribution is 2.38. The lowest BCUT2D eigenvalue weighted by Gasteiger charge is -2.13. The first-order valence-electron chi connectivity index (χ1n) is 9.01. The number of halogens is 1. The number of carbonyl (C=O) groups is 1. The molecule has 0 atom stereocenters. The molecule has 1 amide bonds. The van der Waals surface area contributed by atoms with Crippen molar-refractivity contribution in [3.8, 4) is 11.5 Å². The van der Waals surface area contributed by atoms with Crippen molar-refractivity contribution in [1.82, 2.24) is 14.5 Å². The number of benzene rings is 2. The molecule has 1 aliphatic heterocycles. The Labute approximate surface area is 171 Å². The van der Waals surface area contributed by atoms with Gasteiger partial charge in [0.15, 0.2) is 5.82 Å². The zero-order valence-corrected chi connectivity index (χ0v) is 16.2. The van der Waals surface area contributed by atoms with E-state index in [1.165, 1.54) is 6.33 Å². The zero-order valence-electron chi connectivity index (χ0n) is 15.4. The molecule has 2 aromatic carbocycles. The number of hydrogen-bond donors (Lipinski definition) is 2. The molecule has 1 aliphatic rings. The minimum atomic E-state index is -0.0430. The van der Waals surface area contributed by atoms with Crippen LogP contribution in [0, 0.1) is 0 Å². The molecule has 0 unspecified atom stereocenters. The fourth-order valence-corrected chi connectivity index (χ4v) is 3.66. The molecule has 0 radical (unpaired) electrons. The van der Waals surface area contributed by atoms with Gasteiger partial charge in [0.2, 0.25) is 5.91 Å². The van der Waals surface area contributed by atoms with Crippen LogP contribution in [-0.4, -0.2) is 20.4 Å². The van der Waals surface area contributed by atoms with E-state index in [0.29, 0.717) is 28.8 Å². The number of nitrogens with zero attached hydrogens (tertiary/aromatic N) is 3. The van der Waals surface area contributed by atoms with Crippen molar-refractivity contribution in [2.45, 2.75) is 6.42 Å². The van der Waals surface area contributed by atoms with Gasteiger partial charge < -0.3 is 19.9 Å². The lowest BCUT2D eigenvalue weighted by atomic mass is 10.1. The van der Waals surface area contributed by atoms with Crippen LogP contribution in [0.15, 0.2) is 55.0 Å². The molecule has 2 N–H and O–H groups in total. The molecular formula is C21H16ClN5O2. The number of fused-ring (bicyclic) bond motifs is 2. The lowest BCUT2D eigenvalue weighted by molar-refractivity contribution is -0.115. The van der Waals surface area contributed by atoms with Gasteiger partial charge in [-0.2, -0.15) is 0 Å². The van der Waals surface area contributed by atoms with E-state index in [1.54, 1.807) is 12.1 Å². The van der Waals surface area contributed by atoms with E-state index in [9.17, 15) is 4.79 Å². The Morgan fingerprint density at radius 2 is 2.07 bits per heavy atom. The number of anilines is 3. The summed E-state index contributed by atoms with van der Waals surface area (Å²) < 4.78 is 7.96. The van der Waals surface area contributed by atoms with E-state index in [0.717, 1.165) is 28.0 Å². The monoisotopic (exact) mass is 405 g/mol. The summed E-state index contributed by atoms with van der Waals surface area (Å²) in [5.74, 6) is 1.78. The number of rotatable bonds is 4. The standard InChI is InChI=1S/C21H16ClN5O2/c1-27-8-7-16-20(27)21(24-11-23-16)25-12-5-6-18(14(22)9-12)29-17-4-2-3-15-13(17)10-19(28)26-15/h2-9,11H,10H2,1H3,(H,26,28)(H,23,24,25). The predicted octanol–water partition coefficient (Wildman–Crippen LogP) is 4.65. The molecule has 3 heterocycles. The first-order chi connectivity index (χ1) is 14.1. The summed E-state index contributed by atoms with van der Waals surface area (Å²) in [6.45, 7) is 0. The molecule has 0 spiro atoms. The Hall–Kier alpha value is -3.58. The van der Waals surface area contributed by atoms with Gasteiger partial charge in [0, 0.05) is 30.2 Å². The van der Waals surface area contributed by atoms with Crippen molar-refractivity contribution >= 4 is 45.7 Å². The maximum atomic E-state index is 11.7. The summed E-state index contributed by atoms with van der Waals surface area (Å²) >= 11 is 6.47. The molecule has 0 saturated carbocycles. The van der Waals surface area contributed by atoms with Crippen molar-refractivity contribution < 1.29 is 9.53 Å². The van der Waals surface area contributed by atoms with E-state index in [-0.39, 0.29) is 5.91 Å². The molecule has 29 heavy (non-hydrogen) atoms. The molecule has 7 nitrogen and oxygen atoms in total. The third-order valence-electron chi connectivity index (χ3n) is 4.82. The first-order valence-corrected chi connectivity index (χ1v) is 9.38. The van der Waals surface area contributed by atoms with Gasteiger partial charge in [-0.05, 0) is 36.4 Å². The van der Waals surface area contributed by atoms with Gasteiger partial charge in [-0.1, -0.05) is 17.7 Å². The average molecular weight is 406 g/mol. The van der Waals surface area contributed by atoms with Crippen LogP contribution in [0.4, 0.5) is 17.2 Å². The minimum Gasteiger partial charge on any atom is -0.455 e. The molecule has 2 aromatic heterocycles. The number of nitrogens with one attached hydrogen (secondary N) is 2. The second-order valence-corrected chi connectivity index (χ2v) is 7.17. The summed E-state index contributed by atoms with van der Waals surface area (Å²) in [6.07, 6.45) is 3.75. The Balaban J connectivity index is 1.42. The maximum absolute atomic E-state index is 11.7. The van der Waals surface area contributed by atoms with Crippen LogP contribution in [-0.2, 0) is 18.3 Å². The number of amides is 1. The number of aromatic nitrogens is 3. The normalized spacial score (nSPS) is 12.7. The fraction of sp³-hybridized carbons (Fsp3) is 0.0952. The molecular weight excluding hydrogens is 390 g/mol. The second kappa shape index (κ2) is 6.79. The molecule has 144 valence electrons. The van der Waals surface area contributed by atoms with Gasteiger partial charge >= 0.3 is 0 Å². The number of hydrogen-bond acceptors (Lipinski definition) is 5. The molecule has 5 rings (SSSR count). The Kier molecular flexibility index (Phi) is 4.10. The largest absolute Gasteiger partial charge is 0.455 e. The SMILES string of the molecule is Cn1ccc2ncnc(Nc3ccc(Oc4cccc5c4CC(=O)N5)c(Cl)c3)c21. The quantitative estimate of drug-likeness (QED) is 0.516. The van der Waals surface area contributed by atoms with Crippen molar-refractivity contribution in [2.24, 2.45) is 7.05 Å². The molecule has 4 aromatic rings. The highest BCUT2D eigenvalue weighted by Gasteiger charge is 2.22. The zero-order chi connectivity index (χ0) is 20.0. The molecule has 0 fully saturated rings. The van der Waals surface area contributed by atoms with Crippen LogP contribution in [0.5, 0.6) is 11.5 Å². The maximum Gasteiger partial charge on any atom is 0.229 e. The minimum absolute atomic E-state index is 0.0430. The Morgan fingerprint density at radius 1 is 1.17 bits per heavy atom. The van der Waals surface area contributed by atoms with E-state index in [1.807, 2.05) is 48.1 Å². The van der Waals surface area contributed by atoms with Crippen molar-refractivity contribution in [3.05, 3.63) is 65.6 Å². The number of aryl methyl sites for hydroxylation is 1. The van der Waals surface area contributed by atoms with Crippen molar-refractivity contribution in [1.29, 1.82) is 0 Å². The Morgan fingerprint density at radius 3 is 2.93 bits per heavy atom. The number of ether oxygens (including phenoxy) is 1. The van der Waals surface area contributed by atoms with Gasteiger partial charge in [0.25, 0.3) is 0 Å². The second-order valence-electron chi connectivity index (χ2n) is 6.76. The molecule has 8 heteroatoms. The van der Waals surface area contributed by atoms with Gasteiger partial charge in [-0.15, -0.1) is 0 Å². The van der Waals surface area contributed by atoms with E-state index in [2.05, 4.69) is 20.6 Å². The molecule has 0 bridgehead atoms. The van der Waals surface area contributed by atoms with Crippen LogP contribution in [0.1, 0.15) is 5.56 Å². The third kappa shape index (κ3) is 3.15. The van der Waals surface area contributed by atoms with Gasteiger partial charge in [-0.25, -0.2) is 9.97 Å². The molecule has 0 aliphatic carbocycles. The van der Waals surface area contributed by atoms with Crippen LogP contribution >= 0.6 is 11.6 Å². The molecule has 0 saturated heterocycles. The van der Waals surface area contributed by atoms with Crippen LogP contribution in [0.2, 0.25) is 5.02 Å². The summed E-state index contributed by atoms with van der Waals surface area (Å²) in [5.41, 5.74) is 4.15. The summed E-state index contributed by atoms with van der Waals surface area (Å²) in [7, 11) is 1.94. The van der Waals surface area contributed by atoms with E-state index >= 15 is 0 Å². The topological polar surface area (TPSA) is 81.1 Å². The van der Waals surface area contributed by atoms with E-state index < -0.39 is 0 Å². The lowest BCUT2D eigenvalue weighted by Crippen LogP contribution is -2.03. The summed E-state index contributed by atoms with van der Waals surface area (Å²) in [6, 6.07) is 12.9. The highest BCUT2D eigenvalue weighted by molar-refractivity contribution is 6.32. The van der Waals surface area contributed by atoms with Crippen molar-refractivity contribution in [3.63, 3.8) is 0 Å². The Bertz CT molecular complexity index is 1270. The smallest absolute Gasteiger partial charge is 0.229 e. The van der Waals surface area contributed by atoms with E-state index in [4.69, 9.17) is 16.3 Å². The number of carbonyl (C=O) groups excluding carboxylic acids is 1. The highest BCUT2D eigenvalue weighted by atomic mass is 35.5. The fourth-order valence-electron chi connectivity index (χ4n) is 3.44. The van der Waals surface area contributed by atoms with Crippen LogP contribution in [0.25, 0.3) is 11.0 Å². The summed E-state index contributed by atoms with van der Waals surface area (Å²) in [4.78, 5) is 20.3. The predicted molar refractivity (Wildman–Crippen MR) is 112 cm³/mol. The summed E-state index contributed by atoms with van der Waals surface area (Å²) in [5, 5.41) is 6.55. The first kappa shape index (κ1) is 17.5. The average Bonchev–Trinajstić information content (AvgIpc) is 3.27. The van der Waals surface area contributed by atoms with Gasteiger partial charge in [0.05, 0.1) is 17.0 Å².